The molecule has 2 aromatic rings. The third-order valence-corrected chi connectivity index (χ3v) is 4.84. The molecule has 1 aliphatic heterocycles. The Morgan fingerprint density at radius 1 is 1.43 bits per heavy atom. The number of amides is 1. The van der Waals surface area contributed by atoms with Crippen molar-refractivity contribution in [2.45, 2.75) is 0 Å². The minimum absolute atomic E-state index is 0.0951. The number of fused-ring (bicyclic) bond motifs is 1. The Labute approximate surface area is 131 Å². The van der Waals surface area contributed by atoms with Crippen molar-refractivity contribution in [1.29, 1.82) is 0 Å². The van der Waals surface area contributed by atoms with E-state index in [1.807, 2.05) is 0 Å². The third kappa shape index (κ3) is 3.49. The van der Waals surface area contributed by atoms with Crippen molar-refractivity contribution < 1.29 is 9.53 Å². The van der Waals surface area contributed by atoms with Crippen LogP contribution in [0.5, 0.6) is 0 Å². The van der Waals surface area contributed by atoms with Gasteiger partial charge < -0.3 is 10.1 Å². The smallest absolute Gasteiger partial charge is 0.261 e. The standard InChI is InChI=1S/C13H15ClN4O2S/c14-12-11-9(16-8-17-12)7-10(21-11)13(19)15-1-2-18-3-5-20-6-4-18/h7-8H,1-6H2,(H,15,19). The van der Waals surface area contributed by atoms with Gasteiger partial charge in [-0.3, -0.25) is 9.69 Å². The molecule has 112 valence electrons. The summed E-state index contributed by atoms with van der Waals surface area (Å²) in [7, 11) is 0. The highest BCUT2D eigenvalue weighted by Crippen LogP contribution is 2.28. The van der Waals surface area contributed by atoms with Gasteiger partial charge in [-0.05, 0) is 6.07 Å². The number of aromatic nitrogens is 2. The van der Waals surface area contributed by atoms with Crippen molar-refractivity contribution in [2.75, 3.05) is 39.4 Å². The van der Waals surface area contributed by atoms with Gasteiger partial charge in [0.05, 0.1) is 28.3 Å². The summed E-state index contributed by atoms with van der Waals surface area (Å²) in [5, 5.41) is 3.31. The Hall–Kier alpha value is -1.28. The first-order valence-corrected chi connectivity index (χ1v) is 7.92. The van der Waals surface area contributed by atoms with E-state index in [-0.39, 0.29) is 5.91 Å². The molecule has 1 aliphatic rings. The number of halogens is 1. The van der Waals surface area contributed by atoms with E-state index in [2.05, 4.69) is 20.2 Å². The number of hydrogen-bond donors (Lipinski definition) is 1. The normalized spacial score (nSPS) is 16.2. The lowest BCUT2D eigenvalue weighted by molar-refractivity contribution is 0.0383. The van der Waals surface area contributed by atoms with Crippen LogP contribution in [0, 0.1) is 0 Å². The molecule has 6 nitrogen and oxygen atoms in total. The number of nitrogens with zero attached hydrogens (tertiary/aromatic N) is 3. The van der Waals surface area contributed by atoms with Gasteiger partial charge in [-0.25, -0.2) is 9.97 Å². The number of morpholine rings is 1. The van der Waals surface area contributed by atoms with E-state index in [1.54, 1.807) is 6.07 Å². The fourth-order valence-corrected chi connectivity index (χ4v) is 3.34. The van der Waals surface area contributed by atoms with E-state index in [0.29, 0.717) is 22.1 Å². The largest absolute Gasteiger partial charge is 0.379 e. The van der Waals surface area contributed by atoms with Gasteiger partial charge in [-0.15, -0.1) is 11.3 Å². The highest BCUT2D eigenvalue weighted by Gasteiger charge is 2.14. The molecular weight excluding hydrogens is 312 g/mol. The molecule has 0 saturated carbocycles. The third-order valence-electron chi connectivity index (χ3n) is 3.31. The molecule has 0 radical (unpaired) electrons. The number of thiophene rings is 1. The average Bonchev–Trinajstić information content (AvgIpc) is 2.94. The van der Waals surface area contributed by atoms with Gasteiger partial charge in [0.2, 0.25) is 0 Å². The Bertz CT molecular complexity index is 642. The number of rotatable bonds is 4. The number of ether oxygens (including phenoxy) is 1. The quantitative estimate of drug-likeness (QED) is 0.860. The lowest BCUT2D eigenvalue weighted by Gasteiger charge is -2.26. The van der Waals surface area contributed by atoms with Gasteiger partial charge >= 0.3 is 0 Å². The summed E-state index contributed by atoms with van der Waals surface area (Å²) in [5.74, 6) is -0.0951. The fourth-order valence-electron chi connectivity index (χ4n) is 2.18. The molecule has 2 aromatic heterocycles. The molecule has 21 heavy (non-hydrogen) atoms. The van der Waals surface area contributed by atoms with Gasteiger partial charge in [-0.2, -0.15) is 0 Å². The van der Waals surface area contributed by atoms with Gasteiger partial charge in [-0.1, -0.05) is 11.6 Å². The Kier molecular flexibility index (Phi) is 4.64. The molecule has 3 rings (SSSR count). The number of nitrogens with one attached hydrogen (secondary N) is 1. The summed E-state index contributed by atoms with van der Waals surface area (Å²) in [6.07, 6.45) is 1.40. The van der Waals surface area contributed by atoms with Crippen LogP contribution in [0.2, 0.25) is 5.15 Å². The Morgan fingerprint density at radius 3 is 3.00 bits per heavy atom. The summed E-state index contributed by atoms with van der Waals surface area (Å²) in [5.41, 5.74) is 0.707. The number of carbonyl (C=O) groups excluding carboxylic acids is 1. The first-order valence-electron chi connectivity index (χ1n) is 6.72. The van der Waals surface area contributed by atoms with Crippen molar-refractivity contribution in [3.05, 3.63) is 22.4 Å². The monoisotopic (exact) mass is 326 g/mol. The number of carbonyl (C=O) groups is 1. The minimum Gasteiger partial charge on any atom is -0.379 e. The second-order valence-electron chi connectivity index (χ2n) is 4.70. The minimum atomic E-state index is -0.0951. The molecule has 0 aromatic carbocycles. The average molecular weight is 327 g/mol. The van der Waals surface area contributed by atoms with E-state index in [1.165, 1.54) is 17.7 Å². The number of hydrogen-bond acceptors (Lipinski definition) is 6. The summed E-state index contributed by atoms with van der Waals surface area (Å²) in [6, 6.07) is 1.75. The topological polar surface area (TPSA) is 67.4 Å². The Balaban J connectivity index is 1.57. The van der Waals surface area contributed by atoms with Crippen LogP contribution in [0.15, 0.2) is 12.4 Å². The van der Waals surface area contributed by atoms with E-state index < -0.39 is 0 Å². The van der Waals surface area contributed by atoms with E-state index in [9.17, 15) is 4.79 Å². The van der Waals surface area contributed by atoms with Gasteiger partial charge in [0.25, 0.3) is 5.91 Å². The van der Waals surface area contributed by atoms with Crippen LogP contribution in [0.3, 0.4) is 0 Å². The zero-order valence-electron chi connectivity index (χ0n) is 11.3. The molecule has 3 heterocycles. The van der Waals surface area contributed by atoms with Crippen LogP contribution in [0.25, 0.3) is 10.2 Å². The predicted octanol–water partition coefficient (Wildman–Crippen LogP) is 1.41. The Morgan fingerprint density at radius 2 is 2.24 bits per heavy atom. The van der Waals surface area contributed by atoms with Crippen LogP contribution in [-0.2, 0) is 4.74 Å². The molecular formula is C13H15ClN4O2S. The molecule has 0 unspecified atom stereocenters. The van der Waals surface area contributed by atoms with E-state index in [4.69, 9.17) is 16.3 Å². The van der Waals surface area contributed by atoms with Gasteiger partial charge in [0.15, 0.2) is 0 Å². The van der Waals surface area contributed by atoms with Crippen LogP contribution >= 0.6 is 22.9 Å². The molecule has 0 aliphatic carbocycles. The first-order chi connectivity index (χ1) is 10.2. The predicted molar refractivity (Wildman–Crippen MR) is 82.0 cm³/mol. The lowest BCUT2D eigenvalue weighted by Crippen LogP contribution is -2.41. The van der Waals surface area contributed by atoms with Crippen LogP contribution in [-0.4, -0.2) is 60.2 Å². The van der Waals surface area contributed by atoms with Crippen molar-refractivity contribution in [3.8, 4) is 0 Å². The molecule has 0 bridgehead atoms. The highest BCUT2D eigenvalue weighted by molar-refractivity contribution is 7.21. The van der Waals surface area contributed by atoms with Crippen LogP contribution in [0.1, 0.15) is 9.67 Å². The van der Waals surface area contributed by atoms with Crippen molar-refractivity contribution >= 4 is 39.1 Å². The van der Waals surface area contributed by atoms with Crippen molar-refractivity contribution in [2.24, 2.45) is 0 Å². The first kappa shape index (κ1) is 14.6. The molecule has 1 amide bonds. The zero-order chi connectivity index (χ0) is 14.7. The second kappa shape index (κ2) is 6.65. The molecule has 0 spiro atoms. The summed E-state index contributed by atoms with van der Waals surface area (Å²) in [6.45, 7) is 4.82. The molecule has 8 heteroatoms. The van der Waals surface area contributed by atoms with Crippen LogP contribution in [0.4, 0.5) is 0 Å². The van der Waals surface area contributed by atoms with Crippen LogP contribution < -0.4 is 5.32 Å². The zero-order valence-corrected chi connectivity index (χ0v) is 12.9. The molecule has 1 N–H and O–H groups in total. The SMILES string of the molecule is O=C(NCCN1CCOCC1)c1cc2ncnc(Cl)c2s1. The van der Waals surface area contributed by atoms with E-state index >= 15 is 0 Å². The van der Waals surface area contributed by atoms with Crippen molar-refractivity contribution in [3.63, 3.8) is 0 Å². The second-order valence-corrected chi connectivity index (χ2v) is 6.11. The molecule has 1 fully saturated rings. The maximum Gasteiger partial charge on any atom is 0.261 e. The van der Waals surface area contributed by atoms with E-state index in [0.717, 1.165) is 37.5 Å². The molecule has 0 atom stereocenters. The maximum absolute atomic E-state index is 12.1. The fraction of sp³-hybridized carbons (Fsp3) is 0.462. The lowest BCUT2D eigenvalue weighted by atomic mass is 10.3. The van der Waals surface area contributed by atoms with Crippen molar-refractivity contribution in [1.82, 2.24) is 20.2 Å². The molecule has 1 saturated heterocycles. The summed E-state index contributed by atoms with van der Waals surface area (Å²) >= 11 is 7.31. The van der Waals surface area contributed by atoms with Gasteiger partial charge in [0, 0.05) is 26.2 Å². The summed E-state index contributed by atoms with van der Waals surface area (Å²) in [4.78, 5) is 23.0. The van der Waals surface area contributed by atoms with Gasteiger partial charge in [0.1, 0.15) is 11.5 Å². The maximum atomic E-state index is 12.1. The highest BCUT2D eigenvalue weighted by atomic mass is 35.5. The summed E-state index contributed by atoms with van der Waals surface area (Å²) < 4.78 is 6.04.